The first-order chi connectivity index (χ1) is 9.33. The Hall–Kier alpha value is -1.60. The molecule has 0 aliphatic carbocycles. The van der Waals surface area contributed by atoms with Crippen LogP contribution in [0.15, 0.2) is 24.3 Å². The molecule has 112 valence electrons. The number of ether oxygens (including phenoxy) is 1. The van der Waals surface area contributed by atoms with E-state index >= 15 is 0 Å². The van der Waals surface area contributed by atoms with E-state index in [0.29, 0.717) is 18.7 Å². The maximum absolute atomic E-state index is 11.6. The van der Waals surface area contributed by atoms with E-state index in [4.69, 9.17) is 8.92 Å². The van der Waals surface area contributed by atoms with Gasteiger partial charge in [0, 0.05) is 32.7 Å². The Morgan fingerprint density at radius 2 is 1.95 bits per heavy atom. The highest BCUT2D eigenvalue weighted by Gasteiger charge is 2.14. The summed E-state index contributed by atoms with van der Waals surface area (Å²) in [7, 11) is -2.05. The molecule has 1 amide bonds. The molecule has 0 heterocycles. The van der Waals surface area contributed by atoms with Crippen molar-refractivity contribution in [3.63, 3.8) is 0 Å². The maximum atomic E-state index is 11.6. The van der Waals surface area contributed by atoms with Crippen molar-refractivity contribution in [3.8, 4) is 5.75 Å². The minimum absolute atomic E-state index is 0.115. The van der Waals surface area contributed by atoms with Gasteiger partial charge in [0.1, 0.15) is 5.75 Å². The van der Waals surface area contributed by atoms with Crippen LogP contribution in [0.4, 0.5) is 0 Å². The van der Waals surface area contributed by atoms with Crippen molar-refractivity contribution < 1.29 is 22.1 Å². The molecule has 7 heteroatoms. The minimum atomic E-state index is -3.60. The lowest BCUT2D eigenvalue weighted by atomic mass is 10.2. The van der Waals surface area contributed by atoms with Crippen LogP contribution in [0.3, 0.4) is 0 Å². The third-order valence-corrected chi connectivity index (χ3v) is 3.07. The second-order valence-electron chi connectivity index (χ2n) is 4.33. The predicted molar refractivity (Wildman–Crippen MR) is 74.9 cm³/mol. The van der Waals surface area contributed by atoms with E-state index in [1.165, 1.54) is 6.92 Å². The largest absolute Gasteiger partial charge is 0.383 e. The highest BCUT2D eigenvalue weighted by atomic mass is 32.2. The second-order valence-corrected chi connectivity index (χ2v) is 5.90. The molecule has 0 saturated carbocycles. The van der Waals surface area contributed by atoms with Gasteiger partial charge in [-0.2, -0.15) is 8.42 Å². The number of amides is 1. The zero-order valence-corrected chi connectivity index (χ0v) is 12.6. The lowest BCUT2D eigenvalue weighted by Gasteiger charge is -2.21. The Morgan fingerprint density at radius 1 is 1.30 bits per heavy atom. The standard InChI is InChI=1S/C13H19NO5S/c1-11(15)14(8-9-18-2)10-12-6-4-5-7-13(12)19-20(3,16)17/h4-7H,8-10H2,1-3H3. The van der Waals surface area contributed by atoms with E-state index in [1.54, 1.807) is 36.3 Å². The molecule has 0 aliphatic rings. The third-order valence-electron chi connectivity index (χ3n) is 2.59. The average molecular weight is 301 g/mol. The summed E-state index contributed by atoms with van der Waals surface area (Å²) in [6.45, 7) is 2.56. The van der Waals surface area contributed by atoms with Gasteiger partial charge in [0.2, 0.25) is 5.91 Å². The quantitative estimate of drug-likeness (QED) is 0.703. The summed E-state index contributed by atoms with van der Waals surface area (Å²) >= 11 is 0. The molecule has 6 nitrogen and oxygen atoms in total. The number of hydrogen-bond acceptors (Lipinski definition) is 5. The number of rotatable bonds is 7. The summed E-state index contributed by atoms with van der Waals surface area (Å²) in [6, 6.07) is 6.73. The Balaban J connectivity index is 2.92. The van der Waals surface area contributed by atoms with Gasteiger partial charge < -0.3 is 13.8 Å². The third kappa shape index (κ3) is 5.58. The first kappa shape index (κ1) is 16.5. The number of para-hydroxylation sites is 1. The van der Waals surface area contributed by atoms with Gasteiger partial charge in [-0.25, -0.2) is 0 Å². The van der Waals surface area contributed by atoms with Gasteiger partial charge in [-0.05, 0) is 6.07 Å². The van der Waals surface area contributed by atoms with Crippen LogP contribution in [0.5, 0.6) is 5.75 Å². The smallest absolute Gasteiger partial charge is 0.306 e. The molecular weight excluding hydrogens is 282 g/mol. The van der Waals surface area contributed by atoms with Crippen LogP contribution < -0.4 is 4.18 Å². The van der Waals surface area contributed by atoms with Crippen molar-refractivity contribution in [2.75, 3.05) is 26.5 Å². The molecule has 0 bridgehead atoms. The molecule has 0 spiro atoms. The van der Waals surface area contributed by atoms with Gasteiger partial charge >= 0.3 is 10.1 Å². The van der Waals surface area contributed by atoms with E-state index in [9.17, 15) is 13.2 Å². The summed E-state index contributed by atoms with van der Waals surface area (Å²) in [4.78, 5) is 13.1. The Morgan fingerprint density at radius 3 is 2.50 bits per heavy atom. The van der Waals surface area contributed by atoms with Gasteiger partial charge in [-0.15, -0.1) is 0 Å². The van der Waals surface area contributed by atoms with E-state index in [2.05, 4.69) is 0 Å². The van der Waals surface area contributed by atoms with Crippen LogP contribution in [-0.2, 0) is 26.2 Å². The number of nitrogens with zero attached hydrogens (tertiary/aromatic N) is 1. The average Bonchev–Trinajstić information content (AvgIpc) is 2.34. The van der Waals surface area contributed by atoms with E-state index in [0.717, 1.165) is 6.26 Å². The molecule has 0 aromatic heterocycles. The molecule has 0 fully saturated rings. The van der Waals surface area contributed by atoms with Crippen molar-refractivity contribution in [1.29, 1.82) is 0 Å². The lowest BCUT2D eigenvalue weighted by Crippen LogP contribution is -2.31. The van der Waals surface area contributed by atoms with Crippen molar-refractivity contribution >= 4 is 16.0 Å². The van der Waals surface area contributed by atoms with Crippen molar-refractivity contribution in [1.82, 2.24) is 4.90 Å². The highest BCUT2D eigenvalue weighted by Crippen LogP contribution is 2.21. The van der Waals surface area contributed by atoms with Crippen LogP contribution in [0.25, 0.3) is 0 Å². The lowest BCUT2D eigenvalue weighted by molar-refractivity contribution is -0.130. The summed E-state index contributed by atoms with van der Waals surface area (Å²) in [5.41, 5.74) is 0.629. The Bertz CT molecular complexity index is 556. The minimum Gasteiger partial charge on any atom is -0.383 e. The van der Waals surface area contributed by atoms with Crippen LogP contribution in [-0.4, -0.2) is 45.7 Å². The second kappa shape index (κ2) is 7.25. The van der Waals surface area contributed by atoms with Crippen molar-refractivity contribution in [3.05, 3.63) is 29.8 Å². The summed E-state index contributed by atoms with van der Waals surface area (Å²) < 4.78 is 32.3. The number of methoxy groups -OCH3 is 1. The first-order valence-corrected chi connectivity index (χ1v) is 7.87. The van der Waals surface area contributed by atoms with Gasteiger partial charge in [0.15, 0.2) is 0 Å². The SMILES string of the molecule is COCCN(Cc1ccccc1OS(C)(=O)=O)C(C)=O. The topological polar surface area (TPSA) is 72.9 Å². The number of hydrogen-bond donors (Lipinski definition) is 0. The molecule has 0 saturated heterocycles. The van der Waals surface area contributed by atoms with E-state index in [1.807, 2.05) is 0 Å². The van der Waals surface area contributed by atoms with Gasteiger partial charge in [-0.1, -0.05) is 18.2 Å². The molecule has 20 heavy (non-hydrogen) atoms. The van der Waals surface area contributed by atoms with Gasteiger partial charge in [0.25, 0.3) is 0 Å². The van der Waals surface area contributed by atoms with Crippen LogP contribution in [0, 0.1) is 0 Å². The number of carbonyl (C=O) groups is 1. The molecular formula is C13H19NO5S. The molecule has 0 radical (unpaired) electrons. The zero-order chi connectivity index (χ0) is 15.2. The Kier molecular flexibility index (Phi) is 5.97. The van der Waals surface area contributed by atoms with Crippen LogP contribution >= 0.6 is 0 Å². The van der Waals surface area contributed by atoms with E-state index < -0.39 is 10.1 Å². The molecule has 1 rings (SSSR count). The molecule has 0 atom stereocenters. The van der Waals surface area contributed by atoms with Crippen LogP contribution in [0.2, 0.25) is 0 Å². The van der Waals surface area contributed by atoms with Crippen molar-refractivity contribution in [2.45, 2.75) is 13.5 Å². The highest BCUT2D eigenvalue weighted by molar-refractivity contribution is 7.86. The number of carbonyl (C=O) groups excluding carboxylic acids is 1. The van der Waals surface area contributed by atoms with Crippen LogP contribution in [0.1, 0.15) is 12.5 Å². The molecule has 0 N–H and O–H groups in total. The van der Waals surface area contributed by atoms with E-state index in [-0.39, 0.29) is 18.2 Å². The normalized spacial score (nSPS) is 11.2. The monoisotopic (exact) mass is 301 g/mol. The molecule has 1 aromatic carbocycles. The van der Waals surface area contributed by atoms with Gasteiger partial charge in [-0.3, -0.25) is 4.79 Å². The zero-order valence-electron chi connectivity index (χ0n) is 11.8. The van der Waals surface area contributed by atoms with Gasteiger partial charge in [0.05, 0.1) is 12.9 Å². The van der Waals surface area contributed by atoms with Crippen molar-refractivity contribution in [2.24, 2.45) is 0 Å². The summed E-state index contributed by atoms with van der Waals surface area (Å²) in [5, 5.41) is 0. The fourth-order valence-electron chi connectivity index (χ4n) is 1.63. The Labute approximate surface area is 119 Å². The molecule has 0 aliphatic heterocycles. The number of benzene rings is 1. The summed E-state index contributed by atoms with van der Waals surface area (Å²) in [6.07, 6.45) is 0.984. The fourth-order valence-corrected chi connectivity index (χ4v) is 2.12. The maximum Gasteiger partial charge on any atom is 0.306 e. The fraction of sp³-hybridized carbons (Fsp3) is 0.462. The molecule has 0 unspecified atom stereocenters. The summed E-state index contributed by atoms with van der Waals surface area (Å²) in [5.74, 6) is 0.120. The predicted octanol–water partition coefficient (Wildman–Crippen LogP) is 1.02. The molecule has 1 aromatic rings. The first-order valence-electron chi connectivity index (χ1n) is 6.05.